The molecule has 2 nitrogen and oxygen atoms in total. The van der Waals surface area contributed by atoms with Gasteiger partial charge in [-0.2, -0.15) is 0 Å². The lowest BCUT2D eigenvalue weighted by Crippen LogP contribution is -2.33. The highest BCUT2D eigenvalue weighted by molar-refractivity contribution is 5.73. The summed E-state index contributed by atoms with van der Waals surface area (Å²) in [6.45, 7) is 9.44. The minimum Gasteiger partial charge on any atom is -0.495 e. The Labute approximate surface area is 151 Å². The summed E-state index contributed by atoms with van der Waals surface area (Å²) in [7, 11) is 1.64. The van der Waals surface area contributed by atoms with Gasteiger partial charge in [-0.05, 0) is 58.1 Å². The monoisotopic (exact) mass is 335 g/mol. The summed E-state index contributed by atoms with van der Waals surface area (Å²) >= 11 is 0. The number of fused-ring (bicyclic) bond motifs is 1. The lowest BCUT2D eigenvalue weighted by molar-refractivity contribution is 0.332. The molecule has 3 rings (SSSR count). The summed E-state index contributed by atoms with van der Waals surface area (Å²) in [5.74, 6) is 0.718. The number of hydrogen-bond acceptors (Lipinski definition) is 2. The minimum absolute atomic E-state index is 0.235. The average Bonchev–Trinajstić information content (AvgIpc) is 2.57. The predicted octanol–water partition coefficient (Wildman–Crippen LogP) is 5.80. The average molecular weight is 335 g/mol. The maximum atomic E-state index is 6.00. The molecule has 0 fully saturated rings. The predicted molar refractivity (Wildman–Crippen MR) is 108 cm³/mol. The fourth-order valence-electron chi connectivity index (χ4n) is 3.76. The third kappa shape index (κ3) is 3.44. The van der Waals surface area contributed by atoms with Crippen LogP contribution < -0.4 is 10.5 Å². The molecule has 0 saturated carbocycles. The van der Waals surface area contributed by atoms with E-state index in [2.05, 4.69) is 58.0 Å². The molecule has 0 aromatic heterocycles. The summed E-state index contributed by atoms with van der Waals surface area (Å²) in [6, 6.07) is 12.8. The third-order valence-corrected chi connectivity index (χ3v) is 5.60. The Morgan fingerprint density at radius 3 is 2.00 bits per heavy atom. The van der Waals surface area contributed by atoms with Crippen LogP contribution in [0.25, 0.3) is 12.2 Å². The molecule has 0 amide bonds. The van der Waals surface area contributed by atoms with Crippen molar-refractivity contribution < 1.29 is 4.74 Å². The van der Waals surface area contributed by atoms with Gasteiger partial charge in [0.15, 0.2) is 0 Å². The number of hydrogen-bond donors (Lipinski definition) is 1. The molecule has 132 valence electrons. The first kappa shape index (κ1) is 17.6. The molecule has 0 saturated heterocycles. The number of anilines is 1. The zero-order chi connectivity index (χ0) is 18.2. The Morgan fingerprint density at radius 2 is 1.40 bits per heavy atom. The van der Waals surface area contributed by atoms with Gasteiger partial charge in [0.05, 0.1) is 12.8 Å². The molecule has 0 bridgehead atoms. The lowest BCUT2D eigenvalue weighted by atomic mass is 9.63. The molecule has 0 atom stereocenters. The van der Waals surface area contributed by atoms with Crippen molar-refractivity contribution in [3.05, 3.63) is 58.7 Å². The molecule has 25 heavy (non-hydrogen) atoms. The van der Waals surface area contributed by atoms with Crippen LogP contribution in [0.3, 0.4) is 0 Å². The van der Waals surface area contributed by atoms with Crippen LogP contribution in [0.15, 0.2) is 36.4 Å². The van der Waals surface area contributed by atoms with E-state index in [1.54, 1.807) is 7.11 Å². The summed E-state index contributed by atoms with van der Waals surface area (Å²) in [6.07, 6.45) is 6.75. The van der Waals surface area contributed by atoms with Crippen LogP contribution in [-0.2, 0) is 10.8 Å². The maximum absolute atomic E-state index is 6.00. The molecular formula is C23H29NO. The van der Waals surface area contributed by atoms with Gasteiger partial charge in [0.25, 0.3) is 0 Å². The first-order chi connectivity index (χ1) is 11.7. The highest BCUT2D eigenvalue weighted by atomic mass is 16.5. The molecule has 1 aliphatic rings. The Balaban J connectivity index is 1.93. The van der Waals surface area contributed by atoms with Crippen LogP contribution in [0.5, 0.6) is 5.75 Å². The van der Waals surface area contributed by atoms with Crippen LogP contribution in [-0.4, -0.2) is 7.11 Å². The van der Waals surface area contributed by atoms with E-state index < -0.39 is 0 Å². The number of nitrogens with two attached hydrogens (primary N) is 1. The van der Waals surface area contributed by atoms with E-state index in [-0.39, 0.29) is 10.8 Å². The summed E-state index contributed by atoms with van der Waals surface area (Å²) < 4.78 is 5.22. The van der Waals surface area contributed by atoms with Crippen molar-refractivity contribution in [2.45, 2.75) is 51.4 Å². The lowest BCUT2D eigenvalue weighted by Gasteiger charge is -2.42. The van der Waals surface area contributed by atoms with Gasteiger partial charge in [-0.1, -0.05) is 64.1 Å². The van der Waals surface area contributed by atoms with Gasteiger partial charge >= 0.3 is 0 Å². The Kier molecular flexibility index (Phi) is 4.40. The normalized spacial score (nSPS) is 18.1. The Hall–Kier alpha value is -2.22. The first-order valence-electron chi connectivity index (χ1n) is 8.99. The summed E-state index contributed by atoms with van der Waals surface area (Å²) in [4.78, 5) is 0. The number of ether oxygens (including phenoxy) is 1. The zero-order valence-corrected chi connectivity index (χ0v) is 16.0. The van der Waals surface area contributed by atoms with Crippen molar-refractivity contribution in [1.29, 1.82) is 0 Å². The van der Waals surface area contributed by atoms with Gasteiger partial charge in [-0.15, -0.1) is 0 Å². The SMILES string of the molecule is COc1ccc(/C=C\c2ccc3c(c2)C(C)(C)CCC3(C)C)cc1N. The van der Waals surface area contributed by atoms with E-state index in [1.165, 1.54) is 29.5 Å². The fraction of sp³-hybridized carbons (Fsp3) is 0.391. The number of benzene rings is 2. The number of rotatable bonds is 3. The molecule has 2 N–H and O–H groups in total. The Bertz CT molecular complexity index is 815. The summed E-state index contributed by atoms with van der Waals surface area (Å²) in [5, 5.41) is 0. The van der Waals surface area contributed by atoms with E-state index in [0.717, 1.165) is 11.3 Å². The largest absolute Gasteiger partial charge is 0.495 e. The van der Waals surface area contributed by atoms with Crippen molar-refractivity contribution in [2.24, 2.45) is 0 Å². The van der Waals surface area contributed by atoms with Gasteiger partial charge in [0.1, 0.15) is 5.75 Å². The Morgan fingerprint density at radius 1 is 0.840 bits per heavy atom. The van der Waals surface area contributed by atoms with E-state index in [1.807, 2.05) is 18.2 Å². The van der Waals surface area contributed by atoms with Crippen LogP contribution in [0.4, 0.5) is 5.69 Å². The molecule has 2 aromatic carbocycles. The highest BCUT2D eigenvalue weighted by Crippen LogP contribution is 2.46. The molecule has 0 aliphatic heterocycles. The fourth-order valence-corrected chi connectivity index (χ4v) is 3.76. The van der Waals surface area contributed by atoms with E-state index >= 15 is 0 Å². The number of nitrogen functional groups attached to an aromatic ring is 1. The van der Waals surface area contributed by atoms with E-state index in [9.17, 15) is 0 Å². The molecule has 0 spiro atoms. The molecule has 2 aromatic rings. The van der Waals surface area contributed by atoms with Gasteiger partial charge in [-0.3, -0.25) is 0 Å². The number of methoxy groups -OCH3 is 1. The van der Waals surface area contributed by atoms with E-state index in [0.29, 0.717) is 5.69 Å². The van der Waals surface area contributed by atoms with Crippen molar-refractivity contribution in [2.75, 3.05) is 12.8 Å². The standard InChI is InChI=1S/C23H29NO/c1-22(2)12-13-23(3,4)19-14-16(8-10-18(19)22)6-7-17-9-11-21(25-5)20(24)15-17/h6-11,14-15H,12-13,24H2,1-5H3/b7-6-. The van der Waals surface area contributed by atoms with Crippen LogP contribution in [0.2, 0.25) is 0 Å². The molecule has 0 heterocycles. The topological polar surface area (TPSA) is 35.2 Å². The zero-order valence-electron chi connectivity index (χ0n) is 16.0. The summed E-state index contributed by atoms with van der Waals surface area (Å²) in [5.41, 5.74) is 12.5. The minimum atomic E-state index is 0.235. The van der Waals surface area contributed by atoms with E-state index in [4.69, 9.17) is 10.5 Å². The van der Waals surface area contributed by atoms with Gasteiger partial charge in [-0.25, -0.2) is 0 Å². The molecule has 1 aliphatic carbocycles. The molecule has 2 heteroatoms. The quantitative estimate of drug-likeness (QED) is 0.568. The van der Waals surface area contributed by atoms with Crippen molar-refractivity contribution in [1.82, 2.24) is 0 Å². The molecular weight excluding hydrogens is 306 g/mol. The van der Waals surface area contributed by atoms with Crippen molar-refractivity contribution in [3.8, 4) is 5.75 Å². The molecule has 0 unspecified atom stereocenters. The van der Waals surface area contributed by atoms with Crippen LogP contribution in [0.1, 0.15) is 62.8 Å². The first-order valence-corrected chi connectivity index (χ1v) is 8.99. The molecule has 0 radical (unpaired) electrons. The van der Waals surface area contributed by atoms with Gasteiger partial charge < -0.3 is 10.5 Å². The highest BCUT2D eigenvalue weighted by Gasteiger charge is 2.36. The third-order valence-electron chi connectivity index (χ3n) is 5.60. The smallest absolute Gasteiger partial charge is 0.141 e. The van der Waals surface area contributed by atoms with Crippen molar-refractivity contribution >= 4 is 17.8 Å². The van der Waals surface area contributed by atoms with Crippen molar-refractivity contribution in [3.63, 3.8) is 0 Å². The van der Waals surface area contributed by atoms with Gasteiger partial charge in [0.2, 0.25) is 0 Å². The second-order valence-corrected chi connectivity index (χ2v) is 8.41. The van der Waals surface area contributed by atoms with Crippen LogP contribution >= 0.6 is 0 Å². The van der Waals surface area contributed by atoms with Gasteiger partial charge in [0, 0.05) is 0 Å². The second-order valence-electron chi connectivity index (χ2n) is 8.41. The van der Waals surface area contributed by atoms with Crippen LogP contribution in [0, 0.1) is 0 Å². The maximum Gasteiger partial charge on any atom is 0.141 e. The second kappa shape index (κ2) is 6.25.